The molecule has 0 saturated heterocycles. The number of anilines is 2. The number of benzene rings is 1. The minimum absolute atomic E-state index is 0.170. The monoisotopic (exact) mass is 434 g/mol. The largest absolute Gasteiger partial charge is 0.395 e. The summed E-state index contributed by atoms with van der Waals surface area (Å²) < 4.78 is 0. The lowest BCUT2D eigenvalue weighted by molar-refractivity contribution is 0.201. The number of aromatic nitrogens is 3. The fourth-order valence-corrected chi connectivity index (χ4v) is 3.69. The van der Waals surface area contributed by atoms with Gasteiger partial charge in [0.2, 0.25) is 5.95 Å². The number of halogens is 2. The molecule has 0 atom stereocenters. The Kier molecular flexibility index (Phi) is 7.44. The maximum Gasteiger partial charge on any atom is 0.224 e. The van der Waals surface area contributed by atoms with Crippen molar-refractivity contribution < 1.29 is 5.11 Å². The first-order chi connectivity index (χ1) is 14.0. The molecule has 0 radical (unpaired) electrons. The molecule has 0 aliphatic carbocycles. The van der Waals surface area contributed by atoms with Crippen LogP contribution in [0.5, 0.6) is 0 Å². The number of aliphatic hydroxyl groups is 1. The first-order valence-corrected chi connectivity index (χ1v) is 10.2. The van der Waals surface area contributed by atoms with Crippen LogP contribution in [0.2, 0.25) is 10.0 Å². The number of likely N-dealkylation sites (N-methyl/N-ethyl adjacent to an activating group) is 1. The highest BCUT2D eigenvalue weighted by Gasteiger charge is 2.14. The number of pyridine rings is 1. The van der Waals surface area contributed by atoms with Crippen LogP contribution in [0.15, 0.2) is 30.5 Å². The lowest BCUT2D eigenvalue weighted by Crippen LogP contribution is -2.28. The van der Waals surface area contributed by atoms with Gasteiger partial charge in [0.05, 0.1) is 16.7 Å². The normalized spacial score (nSPS) is 11.3. The number of aliphatic hydroxyl groups excluding tert-OH is 1. The van der Waals surface area contributed by atoms with Gasteiger partial charge >= 0.3 is 0 Å². The van der Waals surface area contributed by atoms with Gasteiger partial charge in [0.1, 0.15) is 5.82 Å². The minimum Gasteiger partial charge on any atom is -0.395 e. The zero-order valence-corrected chi connectivity index (χ0v) is 17.7. The van der Waals surface area contributed by atoms with Crippen LogP contribution in [0.1, 0.15) is 13.3 Å². The number of nitrogens with two attached hydrogens (primary N) is 1. The van der Waals surface area contributed by atoms with Crippen LogP contribution in [-0.4, -0.2) is 57.7 Å². The van der Waals surface area contributed by atoms with Crippen LogP contribution in [-0.2, 0) is 0 Å². The van der Waals surface area contributed by atoms with Crippen LogP contribution >= 0.6 is 23.2 Å². The van der Waals surface area contributed by atoms with Crippen LogP contribution in [0.25, 0.3) is 22.2 Å². The second-order valence-corrected chi connectivity index (χ2v) is 7.38. The first-order valence-electron chi connectivity index (χ1n) is 9.48. The Labute approximate surface area is 179 Å². The fraction of sp³-hybridized carbons (Fsp3) is 0.350. The quantitative estimate of drug-likeness (QED) is 0.441. The highest BCUT2D eigenvalue weighted by Crippen LogP contribution is 2.38. The number of nitrogen functional groups attached to an aromatic ring is 1. The molecule has 3 rings (SSSR count). The molecule has 0 spiro atoms. The second-order valence-electron chi connectivity index (χ2n) is 6.56. The lowest BCUT2D eigenvalue weighted by atomic mass is 10.1. The first kappa shape index (κ1) is 21.5. The molecule has 2 aromatic heterocycles. The van der Waals surface area contributed by atoms with Crippen molar-refractivity contribution in [1.29, 1.82) is 0 Å². The molecular weight excluding hydrogens is 411 g/mol. The Morgan fingerprint density at radius 3 is 2.62 bits per heavy atom. The third kappa shape index (κ3) is 5.25. The van der Waals surface area contributed by atoms with Crippen molar-refractivity contribution in [3.05, 3.63) is 40.5 Å². The zero-order chi connectivity index (χ0) is 20.8. The molecule has 0 bridgehead atoms. The Hall–Kier alpha value is -2.19. The maximum atomic E-state index is 9.04. The second kappa shape index (κ2) is 10.0. The summed E-state index contributed by atoms with van der Waals surface area (Å²) in [5.41, 5.74) is 7.97. The van der Waals surface area contributed by atoms with E-state index >= 15 is 0 Å². The molecule has 29 heavy (non-hydrogen) atoms. The minimum atomic E-state index is 0.170. The summed E-state index contributed by atoms with van der Waals surface area (Å²) in [4.78, 5) is 15.4. The van der Waals surface area contributed by atoms with E-state index in [9.17, 15) is 0 Å². The third-order valence-electron chi connectivity index (χ3n) is 4.63. The van der Waals surface area contributed by atoms with Crippen LogP contribution in [0.3, 0.4) is 0 Å². The average Bonchev–Trinajstić information content (AvgIpc) is 2.70. The maximum absolute atomic E-state index is 9.04. The molecule has 4 N–H and O–H groups in total. The van der Waals surface area contributed by atoms with Gasteiger partial charge in [0.15, 0.2) is 5.65 Å². The number of hydrogen-bond donors (Lipinski definition) is 3. The molecule has 0 saturated carbocycles. The van der Waals surface area contributed by atoms with E-state index in [0.29, 0.717) is 45.1 Å². The molecule has 9 heteroatoms. The molecule has 7 nitrogen and oxygen atoms in total. The van der Waals surface area contributed by atoms with Gasteiger partial charge in [-0.05, 0) is 37.7 Å². The van der Waals surface area contributed by atoms with E-state index in [1.807, 2.05) is 6.07 Å². The van der Waals surface area contributed by atoms with Crippen LogP contribution < -0.4 is 11.1 Å². The predicted octanol–water partition coefficient (Wildman–Crippen LogP) is 3.70. The van der Waals surface area contributed by atoms with Crippen molar-refractivity contribution in [1.82, 2.24) is 19.9 Å². The Balaban J connectivity index is 1.74. The van der Waals surface area contributed by atoms with Gasteiger partial charge in [-0.3, -0.25) is 0 Å². The van der Waals surface area contributed by atoms with Crippen molar-refractivity contribution >= 4 is 46.0 Å². The fourth-order valence-electron chi connectivity index (χ4n) is 3.09. The molecule has 0 aliphatic heterocycles. The van der Waals surface area contributed by atoms with Gasteiger partial charge < -0.3 is 21.1 Å². The predicted molar refractivity (Wildman–Crippen MR) is 120 cm³/mol. The molecule has 1 aromatic carbocycles. The van der Waals surface area contributed by atoms with Gasteiger partial charge in [-0.1, -0.05) is 36.2 Å². The van der Waals surface area contributed by atoms with E-state index < -0.39 is 0 Å². The highest BCUT2D eigenvalue weighted by atomic mass is 35.5. The summed E-state index contributed by atoms with van der Waals surface area (Å²) in [5, 5.41) is 14.0. The van der Waals surface area contributed by atoms with Gasteiger partial charge in [0, 0.05) is 35.8 Å². The Morgan fingerprint density at radius 1 is 1.17 bits per heavy atom. The summed E-state index contributed by atoms with van der Waals surface area (Å²) in [6.07, 6.45) is 2.62. The van der Waals surface area contributed by atoms with Gasteiger partial charge in [-0.15, -0.1) is 0 Å². The summed E-state index contributed by atoms with van der Waals surface area (Å²) in [6, 6.07) is 7.15. The van der Waals surface area contributed by atoms with Crippen LogP contribution in [0, 0.1) is 0 Å². The molecule has 0 unspecified atom stereocenters. The van der Waals surface area contributed by atoms with Crippen molar-refractivity contribution in [2.45, 2.75) is 13.3 Å². The molecule has 154 valence electrons. The molecule has 3 aromatic rings. The smallest absolute Gasteiger partial charge is 0.224 e. The number of fused-ring (bicyclic) bond motifs is 1. The van der Waals surface area contributed by atoms with Gasteiger partial charge in [0.25, 0.3) is 0 Å². The van der Waals surface area contributed by atoms with Crippen LogP contribution in [0.4, 0.5) is 11.8 Å². The molecule has 0 fully saturated rings. The summed E-state index contributed by atoms with van der Waals surface area (Å²) in [7, 11) is 0. The van der Waals surface area contributed by atoms with Gasteiger partial charge in [-0.2, -0.15) is 4.98 Å². The van der Waals surface area contributed by atoms with Gasteiger partial charge in [-0.25, -0.2) is 9.97 Å². The zero-order valence-electron chi connectivity index (χ0n) is 16.2. The van der Waals surface area contributed by atoms with E-state index in [0.717, 1.165) is 31.4 Å². The SMILES string of the molecule is CCN(CCO)CCCNc1ncc2cc(-c3c(Cl)cccc3Cl)c(N)nc2n1. The van der Waals surface area contributed by atoms with Crippen molar-refractivity contribution in [2.75, 3.05) is 43.8 Å². The average molecular weight is 435 g/mol. The van der Waals surface area contributed by atoms with E-state index in [1.54, 1.807) is 24.4 Å². The lowest BCUT2D eigenvalue weighted by Gasteiger charge is -2.18. The number of nitrogens with one attached hydrogen (secondary N) is 1. The third-order valence-corrected chi connectivity index (χ3v) is 5.26. The van der Waals surface area contributed by atoms with E-state index in [2.05, 4.69) is 32.1 Å². The van der Waals surface area contributed by atoms with Crippen molar-refractivity contribution in [2.24, 2.45) is 0 Å². The van der Waals surface area contributed by atoms with E-state index in [1.165, 1.54) is 0 Å². The Bertz CT molecular complexity index is 964. The standard InChI is InChI=1S/C20H24Cl2N6O/c1-2-28(9-10-29)8-4-7-24-20-25-12-13-11-14(18(23)26-19(13)27-20)17-15(21)5-3-6-16(17)22/h3,5-6,11-12,29H,2,4,7-10H2,1H3,(H3,23,24,25,26,27). The summed E-state index contributed by atoms with van der Waals surface area (Å²) in [5.74, 6) is 0.804. The Morgan fingerprint density at radius 2 is 1.93 bits per heavy atom. The summed E-state index contributed by atoms with van der Waals surface area (Å²) in [6.45, 7) is 5.46. The van der Waals surface area contributed by atoms with Crippen molar-refractivity contribution in [3.8, 4) is 11.1 Å². The molecular formula is C20H24Cl2N6O. The summed E-state index contributed by atoms with van der Waals surface area (Å²) >= 11 is 12.6. The van der Waals surface area contributed by atoms with E-state index in [4.69, 9.17) is 34.0 Å². The number of hydrogen-bond acceptors (Lipinski definition) is 7. The molecule has 0 amide bonds. The highest BCUT2D eigenvalue weighted by molar-refractivity contribution is 6.39. The topological polar surface area (TPSA) is 100 Å². The number of nitrogens with zero attached hydrogens (tertiary/aromatic N) is 4. The van der Waals surface area contributed by atoms with Crippen molar-refractivity contribution in [3.63, 3.8) is 0 Å². The number of rotatable bonds is 9. The van der Waals surface area contributed by atoms with E-state index in [-0.39, 0.29) is 6.61 Å². The molecule has 0 aliphatic rings. The molecule has 2 heterocycles.